The smallest absolute Gasteiger partial charge is 0.334 e. The number of hydrogen-bond acceptors (Lipinski definition) is 4. The van der Waals surface area contributed by atoms with E-state index in [1.807, 2.05) is 12.2 Å². The van der Waals surface area contributed by atoms with Crippen LogP contribution in [0.2, 0.25) is 0 Å². The Labute approximate surface area is 144 Å². The molecule has 0 radical (unpaired) electrons. The quantitative estimate of drug-likeness (QED) is 0.588. The molecule has 24 heavy (non-hydrogen) atoms. The topological polar surface area (TPSA) is 63.6 Å². The third-order valence-electron chi connectivity index (χ3n) is 4.91. The molecule has 1 N–H and O–H groups in total. The molecule has 4 heteroatoms. The van der Waals surface area contributed by atoms with Crippen molar-refractivity contribution in [1.29, 1.82) is 0 Å². The maximum atomic E-state index is 12.5. The van der Waals surface area contributed by atoms with Crippen LogP contribution in [0.3, 0.4) is 0 Å². The lowest BCUT2D eigenvalue weighted by atomic mass is 9.89. The van der Waals surface area contributed by atoms with Crippen molar-refractivity contribution < 1.29 is 19.4 Å². The monoisotopic (exact) mass is 332 g/mol. The Bertz CT molecular complexity index is 607. The number of esters is 1. The lowest BCUT2D eigenvalue weighted by Crippen LogP contribution is -2.39. The van der Waals surface area contributed by atoms with E-state index in [1.165, 1.54) is 17.7 Å². The highest BCUT2D eigenvalue weighted by molar-refractivity contribution is 6.00. The van der Waals surface area contributed by atoms with Gasteiger partial charge in [0.2, 0.25) is 0 Å². The number of aliphatic hydroxyl groups is 1. The molecule has 2 bridgehead atoms. The fraction of sp³-hybridized carbons (Fsp3) is 0.600. The Kier molecular flexibility index (Phi) is 5.49. The molecule has 2 rings (SSSR count). The van der Waals surface area contributed by atoms with Crippen LogP contribution >= 0.6 is 0 Å². The largest absolute Gasteiger partial charge is 0.448 e. The zero-order valence-electron chi connectivity index (χ0n) is 15.1. The average Bonchev–Trinajstić information content (AvgIpc) is 2.63. The van der Waals surface area contributed by atoms with Gasteiger partial charge in [0.1, 0.15) is 0 Å². The maximum absolute atomic E-state index is 12.5. The number of ketones is 1. The van der Waals surface area contributed by atoms with Crippen molar-refractivity contribution in [3.63, 3.8) is 0 Å². The van der Waals surface area contributed by atoms with Gasteiger partial charge in [0.05, 0.1) is 5.60 Å². The number of carbonyl (C=O) groups is 2. The number of carbonyl (C=O) groups excluding carboxylic acids is 2. The first kappa shape index (κ1) is 18.7. The highest BCUT2D eigenvalue weighted by Gasteiger charge is 2.38. The fourth-order valence-electron chi connectivity index (χ4n) is 3.05. The predicted octanol–water partition coefficient (Wildman–Crippen LogP) is 3.65. The Morgan fingerprint density at radius 2 is 1.88 bits per heavy atom. The van der Waals surface area contributed by atoms with Gasteiger partial charge < -0.3 is 9.84 Å². The average molecular weight is 332 g/mol. The molecular formula is C20H28O4. The molecule has 0 fully saturated rings. The van der Waals surface area contributed by atoms with Crippen LogP contribution in [0, 0.1) is 5.92 Å². The first-order valence-corrected chi connectivity index (χ1v) is 8.70. The van der Waals surface area contributed by atoms with E-state index in [0.717, 1.165) is 6.42 Å². The summed E-state index contributed by atoms with van der Waals surface area (Å²) in [7, 11) is 0. The fourth-order valence-corrected chi connectivity index (χ4v) is 3.05. The summed E-state index contributed by atoms with van der Waals surface area (Å²) in [4.78, 5) is 25.0. The molecule has 0 spiro atoms. The standard InChI is InChI=1S/C20H28O4/c1-14(2)15-7-8-16-6-5-11-20(4,24-18(16)22)17(21)10-13-19(3,23)12-9-15/h6,9-10,13-14,23H,5,7-8,11-12H2,1-4H3/b13-10-,15-9+/t19-,20+/m0/s1. The first-order chi connectivity index (χ1) is 11.1. The van der Waals surface area contributed by atoms with Crippen LogP contribution < -0.4 is 0 Å². The minimum atomic E-state index is -1.16. The molecule has 4 nitrogen and oxygen atoms in total. The van der Waals surface area contributed by atoms with E-state index >= 15 is 0 Å². The van der Waals surface area contributed by atoms with Gasteiger partial charge in [-0.05, 0) is 64.0 Å². The zero-order valence-corrected chi connectivity index (χ0v) is 15.1. The third-order valence-corrected chi connectivity index (χ3v) is 4.91. The maximum Gasteiger partial charge on any atom is 0.334 e. The lowest BCUT2D eigenvalue weighted by molar-refractivity contribution is -0.160. The molecular weight excluding hydrogens is 304 g/mol. The SMILES string of the molecule is CC(C)/C1=C/C[C@](C)(O)/C=C\C(=O)[C@@]2(C)CCC=C(CC1)C(=O)O2. The second-order valence-corrected chi connectivity index (χ2v) is 7.58. The van der Waals surface area contributed by atoms with Crippen molar-refractivity contribution >= 4 is 11.8 Å². The number of fused-ring (bicyclic) bond motifs is 3. The van der Waals surface area contributed by atoms with Crippen molar-refractivity contribution in [2.75, 3.05) is 0 Å². The number of hydrogen-bond donors (Lipinski definition) is 1. The van der Waals surface area contributed by atoms with E-state index in [9.17, 15) is 14.7 Å². The van der Waals surface area contributed by atoms with Gasteiger partial charge in [-0.1, -0.05) is 31.6 Å². The number of ether oxygens (including phenoxy) is 1. The van der Waals surface area contributed by atoms with Gasteiger partial charge in [-0.2, -0.15) is 0 Å². The summed E-state index contributed by atoms with van der Waals surface area (Å²) in [6.07, 6.45) is 9.70. The Balaban J connectivity index is 2.41. The molecule has 0 saturated heterocycles. The highest BCUT2D eigenvalue weighted by Crippen LogP contribution is 2.30. The molecule has 2 heterocycles. The number of allylic oxidation sites excluding steroid dienone is 2. The predicted molar refractivity (Wildman–Crippen MR) is 93.4 cm³/mol. The van der Waals surface area contributed by atoms with Crippen LogP contribution in [0.15, 0.2) is 35.5 Å². The molecule has 0 amide bonds. The molecule has 0 aromatic rings. The van der Waals surface area contributed by atoms with E-state index in [1.54, 1.807) is 13.8 Å². The van der Waals surface area contributed by atoms with Gasteiger partial charge >= 0.3 is 5.97 Å². The first-order valence-electron chi connectivity index (χ1n) is 8.70. The molecule has 0 saturated carbocycles. The molecule has 0 aliphatic carbocycles. The van der Waals surface area contributed by atoms with E-state index in [4.69, 9.17) is 4.74 Å². The van der Waals surface area contributed by atoms with Crippen molar-refractivity contribution in [2.24, 2.45) is 5.92 Å². The van der Waals surface area contributed by atoms with Gasteiger partial charge in [0, 0.05) is 5.57 Å². The number of rotatable bonds is 1. The zero-order chi connectivity index (χ0) is 18.0. The van der Waals surface area contributed by atoms with Gasteiger partial charge in [-0.15, -0.1) is 0 Å². The highest BCUT2D eigenvalue weighted by atomic mass is 16.6. The second kappa shape index (κ2) is 7.06. The van der Waals surface area contributed by atoms with E-state index in [0.29, 0.717) is 37.2 Å². The Morgan fingerprint density at radius 1 is 1.17 bits per heavy atom. The summed E-state index contributed by atoms with van der Waals surface area (Å²) in [6.45, 7) is 7.55. The minimum Gasteiger partial charge on any atom is -0.448 e. The van der Waals surface area contributed by atoms with Crippen LogP contribution in [0.1, 0.15) is 59.8 Å². The van der Waals surface area contributed by atoms with Crippen LogP contribution in [0.25, 0.3) is 0 Å². The lowest BCUT2D eigenvalue weighted by Gasteiger charge is -2.25. The van der Waals surface area contributed by atoms with Gasteiger partial charge in [0.25, 0.3) is 0 Å². The second-order valence-electron chi connectivity index (χ2n) is 7.58. The molecule has 2 aliphatic heterocycles. The minimum absolute atomic E-state index is 0.280. The molecule has 0 aromatic carbocycles. The summed E-state index contributed by atoms with van der Waals surface area (Å²) >= 11 is 0. The molecule has 2 aliphatic rings. The molecule has 2 atom stereocenters. The summed E-state index contributed by atoms with van der Waals surface area (Å²) in [5.74, 6) is -0.340. The van der Waals surface area contributed by atoms with Crippen molar-refractivity contribution in [1.82, 2.24) is 0 Å². The van der Waals surface area contributed by atoms with Crippen LogP contribution in [-0.2, 0) is 14.3 Å². The van der Waals surface area contributed by atoms with Crippen LogP contribution in [0.5, 0.6) is 0 Å². The Hall–Kier alpha value is -1.68. The Morgan fingerprint density at radius 3 is 2.54 bits per heavy atom. The normalized spacial score (nSPS) is 35.8. The summed E-state index contributed by atoms with van der Waals surface area (Å²) < 4.78 is 5.54. The summed E-state index contributed by atoms with van der Waals surface area (Å²) in [5, 5.41) is 10.5. The van der Waals surface area contributed by atoms with Crippen LogP contribution in [-0.4, -0.2) is 28.1 Å². The van der Waals surface area contributed by atoms with Crippen molar-refractivity contribution in [3.8, 4) is 0 Å². The molecule has 132 valence electrons. The molecule has 0 aromatic heterocycles. The summed E-state index contributed by atoms with van der Waals surface area (Å²) in [6, 6.07) is 0. The summed E-state index contributed by atoms with van der Waals surface area (Å²) in [5.41, 5.74) is -0.412. The third kappa shape index (κ3) is 4.44. The van der Waals surface area contributed by atoms with E-state index < -0.39 is 17.2 Å². The van der Waals surface area contributed by atoms with Gasteiger partial charge in [-0.25, -0.2) is 4.79 Å². The van der Waals surface area contributed by atoms with Gasteiger partial charge in [-0.3, -0.25) is 4.79 Å². The van der Waals surface area contributed by atoms with E-state index in [-0.39, 0.29) is 5.78 Å². The van der Waals surface area contributed by atoms with Crippen LogP contribution in [0.4, 0.5) is 0 Å². The van der Waals surface area contributed by atoms with Gasteiger partial charge in [0.15, 0.2) is 11.4 Å². The van der Waals surface area contributed by atoms with E-state index in [2.05, 4.69) is 13.8 Å². The van der Waals surface area contributed by atoms with Crippen molar-refractivity contribution in [2.45, 2.75) is 71.0 Å². The van der Waals surface area contributed by atoms with Crippen molar-refractivity contribution in [3.05, 3.63) is 35.5 Å². The molecule has 0 unspecified atom stereocenters.